The summed E-state index contributed by atoms with van der Waals surface area (Å²) >= 11 is -0.742. The zero-order valence-electron chi connectivity index (χ0n) is 14.2. The molecular formula is C17H15N6O2S2-. The van der Waals surface area contributed by atoms with Gasteiger partial charge in [-0.15, -0.1) is 11.3 Å². The molecule has 10 heteroatoms. The van der Waals surface area contributed by atoms with E-state index in [0.717, 1.165) is 37.6 Å². The molecule has 4 rings (SSSR count). The summed E-state index contributed by atoms with van der Waals surface area (Å²) in [5.74, 6) is 0.457. The van der Waals surface area contributed by atoms with Crippen LogP contribution in [0.25, 0.3) is 32.0 Å². The van der Waals surface area contributed by atoms with Crippen LogP contribution < -0.4 is 10.5 Å². The number of nitrogens with one attached hydrogen (secondary N) is 1. The summed E-state index contributed by atoms with van der Waals surface area (Å²) in [6, 6.07) is 9.60. The van der Waals surface area contributed by atoms with Crippen LogP contribution in [0.3, 0.4) is 0 Å². The van der Waals surface area contributed by atoms with E-state index in [9.17, 15) is 8.76 Å². The lowest BCUT2D eigenvalue weighted by atomic mass is 10.1. The Hall–Kier alpha value is -2.66. The van der Waals surface area contributed by atoms with E-state index in [0.29, 0.717) is 5.82 Å². The second-order valence-corrected chi connectivity index (χ2v) is 7.68. The summed E-state index contributed by atoms with van der Waals surface area (Å²) in [6.45, 7) is 0.250. The molecule has 0 spiro atoms. The molecule has 0 aliphatic rings. The number of anilines is 1. The SMILES string of the molecule is Cn1cnc(-c2ccc(CNS(=O)[O-])cc2)c1-c1cc2c(N)ncnc2s1. The molecular weight excluding hydrogens is 384 g/mol. The normalized spacial score (nSPS) is 12.5. The Morgan fingerprint density at radius 1 is 1.26 bits per heavy atom. The van der Waals surface area contributed by atoms with Crippen LogP contribution in [-0.2, 0) is 24.9 Å². The molecule has 0 bridgehead atoms. The van der Waals surface area contributed by atoms with Crippen LogP contribution in [0.2, 0.25) is 0 Å². The first-order valence-electron chi connectivity index (χ1n) is 7.96. The zero-order chi connectivity index (χ0) is 19.0. The molecule has 138 valence electrons. The van der Waals surface area contributed by atoms with Crippen molar-refractivity contribution in [1.82, 2.24) is 24.2 Å². The fraction of sp³-hybridized carbons (Fsp3) is 0.118. The minimum atomic E-state index is -2.28. The Labute approximate surface area is 161 Å². The second-order valence-electron chi connectivity index (χ2n) is 5.89. The molecule has 4 aromatic rings. The molecule has 1 aromatic carbocycles. The standard InChI is InChI=1S/C17H16N6O2S2/c1-23-9-21-14(11-4-2-10(3-5-11)7-22-27(24)25)15(23)13-6-12-16(18)19-8-20-17(12)26-13/h2-6,8-9,22H,7H2,1H3,(H,24,25)(H2,18,19,20)/p-1. The third-order valence-corrected chi connectivity index (χ3v) is 5.58. The molecule has 0 aliphatic carbocycles. The lowest BCUT2D eigenvalue weighted by Crippen LogP contribution is -2.15. The third kappa shape index (κ3) is 3.47. The molecule has 0 radical (unpaired) electrons. The number of nitrogen functional groups attached to an aromatic ring is 1. The lowest BCUT2D eigenvalue weighted by molar-refractivity contribution is 0.522. The number of hydrogen-bond acceptors (Lipinski definition) is 7. The van der Waals surface area contributed by atoms with Crippen molar-refractivity contribution in [3.63, 3.8) is 0 Å². The first-order chi connectivity index (χ1) is 13.0. The van der Waals surface area contributed by atoms with Crippen LogP contribution in [0.15, 0.2) is 43.0 Å². The van der Waals surface area contributed by atoms with Gasteiger partial charge in [-0.1, -0.05) is 24.3 Å². The van der Waals surface area contributed by atoms with E-state index in [1.807, 2.05) is 41.9 Å². The van der Waals surface area contributed by atoms with Crippen LogP contribution in [-0.4, -0.2) is 28.3 Å². The Kier molecular flexibility index (Phi) is 4.70. The fourth-order valence-electron chi connectivity index (χ4n) is 2.85. The van der Waals surface area contributed by atoms with Gasteiger partial charge in [0.25, 0.3) is 0 Å². The van der Waals surface area contributed by atoms with Gasteiger partial charge in [0, 0.05) is 30.4 Å². The molecule has 27 heavy (non-hydrogen) atoms. The number of benzene rings is 1. The van der Waals surface area contributed by atoms with E-state index in [2.05, 4.69) is 19.7 Å². The van der Waals surface area contributed by atoms with Crippen LogP contribution in [0.5, 0.6) is 0 Å². The molecule has 1 unspecified atom stereocenters. The number of thiophene rings is 1. The minimum absolute atomic E-state index is 0.250. The first kappa shape index (κ1) is 17.7. The highest BCUT2D eigenvalue weighted by Crippen LogP contribution is 2.38. The van der Waals surface area contributed by atoms with Gasteiger partial charge in [0.05, 0.1) is 28.0 Å². The smallest absolute Gasteiger partial charge is 0.135 e. The highest BCUT2D eigenvalue weighted by atomic mass is 32.2. The van der Waals surface area contributed by atoms with Crippen molar-refractivity contribution in [2.24, 2.45) is 7.05 Å². The molecule has 3 N–H and O–H groups in total. The van der Waals surface area contributed by atoms with Crippen molar-refractivity contribution in [3.8, 4) is 21.8 Å². The summed E-state index contributed by atoms with van der Waals surface area (Å²) in [5.41, 5.74) is 9.56. The van der Waals surface area contributed by atoms with Gasteiger partial charge in [0.1, 0.15) is 17.0 Å². The number of fused-ring (bicyclic) bond motifs is 1. The largest absolute Gasteiger partial charge is 0.760 e. The Bertz CT molecular complexity index is 1140. The minimum Gasteiger partial charge on any atom is -0.760 e. The Morgan fingerprint density at radius 3 is 2.74 bits per heavy atom. The van der Waals surface area contributed by atoms with Crippen molar-refractivity contribution in [2.45, 2.75) is 6.54 Å². The van der Waals surface area contributed by atoms with Gasteiger partial charge in [-0.25, -0.2) is 19.7 Å². The molecule has 8 nitrogen and oxygen atoms in total. The average Bonchev–Trinajstić information content (AvgIpc) is 3.24. The number of nitrogens with zero attached hydrogens (tertiary/aromatic N) is 4. The number of hydrogen-bond donors (Lipinski definition) is 2. The van der Waals surface area contributed by atoms with Gasteiger partial charge in [0.15, 0.2) is 0 Å². The van der Waals surface area contributed by atoms with E-state index >= 15 is 0 Å². The van der Waals surface area contributed by atoms with E-state index in [1.54, 1.807) is 6.33 Å². The quantitative estimate of drug-likeness (QED) is 0.496. The number of aromatic nitrogens is 4. The Balaban J connectivity index is 1.73. The maximum absolute atomic E-state index is 10.6. The summed E-state index contributed by atoms with van der Waals surface area (Å²) in [5, 5.41) is 0.830. The van der Waals surface area contributed by atoms with Gasteiger partial charge >= 0.3 is 0 Å². The Morgan fingerprint density at radius 2 is 2.04 bits per heavy atom. The average molecular weight is 399 g/mol. The molecule has 0 amide bonds. The number of aryl methyl sites for hydroxylation is 1. The van der Waals surface area contributed by atoms with Gasteiger partial charge in [-0.3, -0.25) is 4.21 Å². The van der Waals surface area contributed by atoms with Crippen molar-refractivity contribution in [1.29, 1.82) is 0 Å². The summed E-state index contributed by atoms with van der Waals surface area (Å²) < 4.78 is 25.6. The van der Waals surface area contributed by atoms with Gasteiger partial charge < -0.3 is 14.9 Å². The van der Waals surface area contributed by atoms with Gasteiger partial charge in [0.2, 0.25) is 0 Å². The maximum Gasteiger partial charge on any atom is 0.135 e. The molecule has 3 heterocycles. The summed E-state index contributed by atoms with van der Waals surface area (Å²) in [7, 11) is 1.94. The fourth-order valence-corrected chi connectivity index (χ4v) is 4.23. The highest BCUT2D eigenvalue weighted by molar-refractivity contribution is 7.77. The van der Waals surface area contributed by atoms with E-state index in [4.69, 9.17) is 5.73 Å². The molecule has 0 saturated heterocycles. The van der Waals surface area contributed by atoms with Gasteiger partial charge in [-0.2, -0.15) is 0 Å². The predicted molar refractivity (Wildman–Crippen MR) is 105 cm³/mol. The monoisotopic (exact) mass is 399 g/mol. The molecule has 3 aromatic heterocycles. The van der Waals surface area contributed by atoms with Crippen molar-refractivity contribution in [3.05, 3.63) is 48.5 Å². The molecule has 0 fully saturated rings. The molecule has 0 aliphatic heterocycles. The summed E-state index contributed by atoms with van der Waals surface area (Å²) in [6.07, 6.45) is 3.23. The van der Waals surface area contributed by atoms with Crippen LogP contribution in [0.4, 0.5) is 5.82 Å². The van der Waals surface area contributed by atoms with Crippen molar-refractivity contribution < 1.29 is 8.76 Å². The number of rotatable bonds is 5. The highest BCUT2D eigenvalue weighted by Gasteiger charge is 2.17. The molecule has 1 atom stereocenters. The van der Waals surface area contributed by atoms with E-state index in [-0.39, 0.29) is 6.54 Å². The van der Waals surface area contributed by atoms with E-state index in [1.165, 1.54) is 17.7 Å². The van der Waals surface area contributed by atoms with Crippen molar-refractivity contribution in [2.75, 3.05) is 5.73 Å². The van der Waals surface area contributed by atoms with Gasteiger partial charge in [-0.05, 0) is 11.6 Å². The maximum atomic E-state index is 10.6. The van der Waals surface area contributed by atoms with Crippen LogP contribution in [0, 0.1) is 0 Å². The first-order valence-corrected chi connectivity index (χ1v) is 9.86. The summed E-state index contributed by atoms with van der Waals surface area (Å²) in [4.78, 5) is 14.7. The zero-order valence-corrected chi connectivity index (χ0v) is 15.9. The lowest BCUT2D eigenvalue weighted by Gasteiger charge is -2.08. The van der Waals surface area contributed by atoms with E-state index < -0.39 is 11.3 Å². The molecule has 0 saturated carbocycles. The van der Waals surface area contributed by atoms with Crippen LogP contribution >= 0.6 is 11.3 Å². The van der Waals surface area contributed by atoms with Crippen LogP contribution in [0.1, 0.15) is 5.56 Å². The number of nitrogens with two attached hydrogens (primary N) is 1. The second kappa shape index (κ2) is 7.16. The predicted octanol–water partition coefficient (Wildman–Crippen LogP) is 2.22. The van der Waals surface area contributed by atoms with Crippen molar-refractivity contribution >= 4 is 38.6 Å². The topological polar surface area (TPSA) is 122 Å². The third-order valence-electron chi connectivity index (χ3n) is 4.15. The number of imidazole rings is 1.